The molecule has 3 aromatic carbocycles. The van der Waals surface area contributed by atoms with Gasteiger partial charge in [0.1, 0.15) is 16.5 Å². The van der Waals surface area contributed by atoms with E-state index in [0.29, 0.717) is 0 Å². The Morgan fingerprint density at radius 1 is 1.00 bits per heavy atom. The van der Waals surface area contributed by atoms with E-state index in [1.165, 1.54) is 49.6 Å². The van der Waals surface area contributed by atoms with Gasteiger partial charge in [-0.1, -0.05) is 36.4 Å². The number of hydrogen-bond donors (Lipinski definition) is 2. The third kappa shape index (κ3) is 5.18. The van der Waals surface area contributed by atoms with E-state index in [1.807, 2.05) is 18.2 Å². The highest BCUT2D eigenvalue weighted by Crippen LogP contribution is 2.25. The molecule has 0 radical (unpaired) electrons. The number of sulfonamides is 1. The molecule has 6 nitrogen and oxygen atoms in total. The molecule has 0 aliphatic carbocycles. The van der Waals surface area contributed by atoms with E-state index in [2.05, 4.69) is 10.0 Å². The summed E-state index contributed by atoms with van der Waals surface area (Å²) in [5.41, 5.74) is 1.14. The standard InChI is InChI=1S/C21H19FN2O4S/c1-28-19-11-10-16(21(25)24-18-9-5-8-17(22)13-18)12-20(19)29(26,27)23-14-15-6-3-2-4-7-15/h2-13,23H,14H2,1H3,(H,24,25). The third-order valence-corrected chi connectivity index (χ3v) is 5.53. The van der Waals surface area contributed by atoms with Gasteiger partial charge >= 0.3 is 0 Å². The van der Waals surface area contributed by atoms with Crippen LogP contribution in [0.3, 0.4) is 0 Å². The van der Waals surface area contributed by atoms with Crippen LogP contribution in [0, 0.1) is 5.82 Å². The smallest absolute Gasteiger partial charge is 0.255 e. The van der Waals surface area contributed by atoms with Crippen molar-refractivity contribution in [2.75, 3.05) is 12.4 Å². The topological polar surface area (TPSA) is 84.5 Å². The van der Waals surface area contributed by atoms with E-state index in [1.54, 1.807) is 12.1 Å². The van der Waals surface area contributed by atoms with Crippen molar-refractivity contribution in [1.29, 1.82) is 0 Å². The van der Waals surface area contributed by atoms with Crippen molar-refractivity contribution in [3.8, 4) is 5.75 Å². The molecule has 0 aliphatic rings. The van der Waals surface area contributed by atoms with E-state index in [0.717, 1.165) is 5.56 Å². The maximum Gasteiger partial charge on any atom is 0.255 e. The Kier molecular flexibility index (Phi) is 6.26. The molecule has 0 atom stereocenters. The van der Waals surface area contributed by atoms with Crippen LogP contribution in [0.25, 0.3) is 0 Å². The van der Waals surface area contributed by atoms with Crippen LogP contribution < -0.4 is 14.8 Å². The van der Waals surface area contributed by atoms with Gasteiger partial charge in [0, 0.05) is 17.8 Å². The fraction of sp³-hybridized carbons (Fsp3) is 0.0952. The molecule has 0 spiro atoms. The third-order valence-electron chi connectivity index (χ3n) is 4.11. The first-order chi connectivity index (χ1) is 13.9. The van der Waals surface area contributed by atoms with Crippen LogP contribution in [-0.4, -0.2) is 21.4 Å². The molecular weight excluding hydrogens is 395 g/mol. The van der Waals surface area contributed by atoms with Gasteiger partial charge in [-0.25, -0.2) is 17.5 Å². The van der Waals surface area contributed by atoms with E-state index in [9.17, 15) is 17.6 Å². The lowest BCUT2D eigenvalue weighted by Gasteiger charge is -2.13. The maximum atomic E-state index is 13.3. The lowest BCUT2D eigenvalue weighted by molar-refractivity contribution is 0.102. The van der Waals surface area contributed by atoms with Crippen LogP contribution in [0.1, 0.15) is 15.9 Å². The normalized spacial score (nSPS) is 11.1. The van der Waals surface area contributed by atoms with Gasteiger partial charge in [0.25, 0.3) is 5.91 Å². The number of benzene rings is 3. The molecular formula is C21H19FN2O4S. The molecule has 0 bridgehead atoms. The summed E-state index contributed by atoms with van der Waals surface area (Å²) in [6.45, 7) is 0.0893. The number of methoxy groups -OCH3 is 1. The minimum atomic E-state index is -3.95. The van der Waals surface area contributed by atoms with Gasteiger partial charge in [-0.05, 0) is 42.0 Å². The summed E-state index contributed by atoms with van der Waals surface area (Å²) in [7, 11) is -2.61. The molecule has 1 amide bonds. The Bertz CT molecular complexity index is 1120. The van der Waals surface area contributed by atoms with Crippen LogP contribution in [-0.2, 0) is 16.6 Å². The van der Waals surface area contributed by atoms with E-state index >= 15 is 0 Å². The Balaban J connectivity index is 1.85. The maximum absolute atomic E-state index is 13.3. The zero-order valence-corrected chi connectivity index (χ0v) is 16.4. The monoisotopic (exact) mass is 414 g/mol. The molecule has 3 rings (SSSR count). The van der Waals surface area contributed by atoms with Gasteiger partial charge in [-0.3, -0.25) is 4.79 Å². The average molecular weight is 414 g/mol. The van der Waals surface area contributed by atoms with Crippen LogP contribution >= 0.6 is 0 Å². The number of rotatable bonds is 7. The number of hydrogen-bond acceptors (Lipinski definition) is 4. The summed E-state index contributed by atoms with van der Waals surface area (Å²) in [4.78, 5) is 12.3. The van der Waals surface area contributed by atoms with Crippen LogP contribution in [0.5, 0.6) is 5.75 Å². The predicted molar refractivity (Wildman–Crippen MR) is 108 cm³/mol. The van der Waals surface area contributed by atoms with Crippen molar-refractivity contribution in [1.82, 2.24) is 4.72 Å². The molecule has 0 saturated carbocycles. The van der Waals surface area contributed by atoms with E-state index < -0.39 is 21.7 Å². The molecule has 0 aromatic heterocycles. The zero-order valence-electron chi connectivity index (χ0n) is 15.6. The number of carbonyl (C=O) groups excluding carboxylic acids is 1. The lowest BCUT2D eigenvalue weighted by Crippen LogP contribution is -2.24. The second-order valence-electron chi connectivity index (χ2n) is 6.14. The van der Waals surface area contributed by atoms with Gasteiger partial charge in [-0.2, -0.15) is 0 Å². The summed E-state index contributed by atoms with van der Waals surface area (Å²) in [5.74, 6) is -0.962. The fourth-order valence-corrected chi connectivity index (χ4v) is 3.86. The highest BCUT2D eigenvalue weighted by Gasteiger charge is 2.21. The first-order valence-corrected chi connectivity index (χ1v) is 10.2. The molecule has 0 fully saturated rings. The number of ether oxygens (including phenoxy) is 1. The van der Waals surface area contributed by atoms with Crippen LogP contribution in [0.2, 0.25) is 0 Å². The Hall–Kier alpha value is -3.23. The molecule has 150 valence electrons. The van der Waals surface area contributed by atoms with Crippen molar-refractivity contribution in [2.24, 2.45) is 0 Å². The minimum Gasteiger partial charge on any atom is -0.495 e. The second kappa shape index (κ2) is 8.85. The highest BCUT2D eigenvalue weighted by atomic mass is 32.2. The largest absolute Gasteiger partial charge is 0.495 e. The molecule has 0 saturated heterocycles. The summed E-state index contributed by atoms with van der Waals surface area (Å²) in [6.07, 6.45) is 0. The van der Waals surface area contributed by atoms with Gasteiger partial charge in [0.05, 0.1) is 7.11 Å². The molecule has 0 heterocycles. The second-order valence-corrected chi connectivity index (χ2v) is 7.88. The molecule has 2 N–H and O–H groups in total. The lowest BCUT2D eigenvalue weighted by atomic mass is 10.2. The number of anilines is 1. The summed E-state index contributed by atoms with van der Waals surface area (Å²) < 4.78 is 46.5. The van der Waals surface area contributed by atoms with Crippen molar-refractivity contribution >= 4 is 21.6 Å². The SMILES string of the molecule is COc1ccc(C(=O)Nc2cccc(F)c2)cc1S(=O)(=O)NCc1ccccc1. The van der Waals surface area contributed by atoms with Gasteiger partial charge in [-0.15, -0.1) is 0 Å². The summed E-state index contributed by atoms with van der Waals surface area (Å²) >= 11 is 0. The quantitative estimate of drug-likeness (QED) is 0.619. The minimum absolute atomic E-state index is 0.0893. The average Bonchev–Trinajstić information content (AvgIpc) is 2.72. The molecule has 0 unspecified atom stereocenters. The summed E-state index contributed by atoms with van der Waals surface area (Å²) in [5, 5.41) is 2.54. The first kappa shape index (κ1) is 20.5. The van der Waals surface area contributed by atoms with E-state index in [-0.39, 0.29) is 28.4 Å². The van der Waals surface area contributed by atoms with Crippen molar-refractivity contribution in [3.05, 3.63) is 89.7 Å². The Morgan fingerprint density at radius 3 is 2.45 bits per heavy atom. The number of nitrogens with one attached hydrogen (secondary N) is 2. The van der Waals surface area contributed by atoms with Gasteiger partial charge in [0.15, 0.2) is 0 Å². The first-order valence-electron chi connectivity index (χ1n) is 8.67. The molecule has 0 aliphatic heterocycles. The summed E-state index contributed by atoms with van der Waals surface area (Å²) in [6, 6.07) is 18.5. The molecule has 8 heteroatoms. The Morgan fingerprint density at radius 2 is 1.76 bits per heavy atom. The number of halogens is 1. The van der Waals surface area contributed by atoms with Crippen molar-refractivity contribution in [3.63, 3.8) is 0 Å². The number of carbonyl (C=O) groups is 1. The molecule has 29 heavy (non-hydrogen) atoms. The zero-order chi connectivity index (χ0) is 20.9. The molecule has 3 aromatic rings. The van der Waals surface area contributed by atoms with Gasteiger partial charge in [0.2, 0.25) is 10.0 Å². The highest BCUT2D eigenvalue weighted by molar-refractivity contribution is 7.89. The van der Waals surface area contributed by atoms with Crippen LogP contribution in [0.4, 0.5) is 10.1 Å². The van der Waals surface area contributed by atoms with Crippen molar-refractivity contribution in [2.45, 2.75) is 11.4 Å². The number of amides is 1. The van der Waals surface area contributed by atoms with Gasteiger partial charge < -0.3 is 10.1 Å². The predicted octanol–water partition coefficient (Wildman–Crippen LogP) is 3.57. The Labute approximate surface area is 168 Å². The van der Waals surface area contributed by atoms with Crippen LogP contribution in [0.15, 0.2) is 77.7 Å². The fourth-order valence-electron chi connectivity index (χ4n) is 2.65. The van der Waals surface area contributed by atoms with Crippen molar-refractivity contribution < 1.29 is 22.3 Å². The van der Waals surface area contributed by atoms with E-state index in [4.69, 9.17) is 4.74 Å².